The van der Waals surface area contributed by atoms with E-state index in [4.69, 9.17) is 4.74 Å². The molecule has 1 aliphatic rings. The van der Waals surface area contributed by atoms with Crippen molar-refractivity contribution in [3.63, 3.8) is 0 Å². The fraction of sp³-hybridized carbons (Fsp3) is 0.278. The zero-order valence-electron chi connectivity index (χ0n) is 13.4. The third-order valence-corrected chi connectivity index (χ3v) is 4.02. The number of ether oxygens (including phenoxy) is 1. The average Bonchev–Trinajstić information content (AvgIpc) is 2.60. The Morgan fingerprint density at radius 1 is 1.25 bits per heavy atom. The van der Waals surface area contributed by atoms with E-state index in [0.29, 0.717) is 30.3 Å². The van der Waals surface area contributed by atoms with Gasteiger partial charge in [-0.3, -0.25) is 9.59 Å². The van der Waals surface area contributed by atoms with Crippen LogP contribution < -0.4 is 10.1 Å². The van der Waals surface area contributed by atoms with Gasteiger partial charge in [0.25, 0.3) is 0 Å². The molecule has 1 aromatic heterocycles. The van der Waals surface area contributed by atoms with Crippen LogP contribution in [0.2, 0.25) is 0 Å². The highest BCUT2D eigenvalue weighted by atomic mass is 16.5. The summed E-state index contributed by atoms with van der Waals surface area (Å²) >= 11 is 0. The summed E-state index contributed by atoms with van der Waals surface area (Å²) in [6.07, 6.45) is 2.49. The first-order valence-electron chi connectivity index (χ1n) is 7.86. The van der Waals surface area contributed by atoms with E-state index in [1.54, 1.807) is 30.3 Å². The summed E-state index contributed by atoms with van der Waals surface area (Å²) in [5.41, 5.74) is 0.498. The van der Waals surface area contributed by atoms with Gasteiger partial charge >= 0.3 is 0 Å². The van der Waals surface area contributed by atoms with E-state index in [1.807, 2.05) is 30.3 Å². The third-order valence-electron chi connectivity index (χ3n) is 4.02. The zero-order valence-corrected chi connectivity index (χ0v) is 13.4. The largest absolute Gasteiger partial charge is 0.437 e. The second-order valence-electron chi connectivity index (χ2n) is 5.77. The molecule has 0 aliphatic carbocycles. The van der Waals surface area contributed by atoms with Crippen LogP contribution in [0.5, 0.6) is 11.6 Å². The number of amides is 2. The Morgan fingerprint density at radius 2 is 2.04 bits per heavy atom. The lowest BCUT2D eigenvalue weighted by Gasteiger charge is -2.28. The minimum atomic E-state index is -0.321. The Balaban J connectivity index is 1.71. The van der Waals surface area contributed by atoms with Crippen LogP contribution in [0, 0.1) is 5.92 Å². The molecular formula is C18H19N3O3. The minimum Gasteiger partial charge on any atom is -0.437 e. The van der Waals surface area contributed by atoms with Gasteiger partial charge in [0.1, 0.15) is 11.4 Å². The molecule has 1 saturated heterocycles. The molecule has 3 rings (SSSR count). The number of nitrogens with zero attached hydrogens (tertiary/aromatic N) is 2. The molecule has 0 radical (unpaired) electrons. The van der Waals surface area contributed by atoms with Crippen molar-refractivity contribution in [1.82, 2.24) is 9.88 Å². The highest BCUT2D eigenvalue weighted by Gasteiger charge is 2.29. The van der Waals surface area contributed by atoms with Gasteiger partial charge in [-0.05, 0) is 30.7 Å². The summed E-state index contributed by atoms with van der Waals surface area (Å²) in [6.45, 7) is 0.595. The van der Waals surface area contributed by atoms with Crippen molar-refractivity contribution in [2.45, 2.75) is 12.8 Å². The van der Waals surface area contributed by atoms with Crippen LogP contribution in [0.4, 0.5) is 5.69 Å². The number of hydrogen-bond acceptors (Lipinski definition) is 4. The number of carbonyl (C=O) groups excluding carboxylic acids is 2. The smallest absolute Gasteiger partial charge is 0.243 e. The van der Waals surface area contributed by atoms with E-state index in [-0.39, 0.29) is 24.2 Å². The van der Waals surface area contributed by atoms with Gasteiger partial charge in [0.15, 0.2) is 0 Å². The number of likely N-dealkylation sites (tertiary alicyclic amines) is 1. The molecule has 0 spiro atoms. The molecule has 1 fully saturated rings. The third kappa shape index (κ3) is 3.71. The average molecular weight is 325 g/mol. The van der Waals surface area contributed by atoms with E-state index >= 15 is 0 Å². The molecule has 1 aromatic carbocycles. The summed E-state index contributed by atoms with van der Waals surface area (Å²) in [4.78, 5) is 30.1. The van der Waals surface area contributed by atoms with Gasteiger partial charge in [-0.2, -0.15) is 0 Å². The Labute approximate surface area is 140 Å². The van der Waals surface area contributed by atoms with E-state index in [9.17, 15) is 9.59 Å². The number of carbonyl (C=O) groups is 2. The van der Waals surface area contributed by atoms with Crippen LogP contribution in [-0.4, -0.2) is 35.3 Å². The molecule has 6 heteroatoms. The van der Waals surface area contributed by atoms with Crippen molar-refractivity contribution in [3.05, 3.63) is 48.7 Å². The number of hydrogen-bond donors (Lipinski definition) is 1. The van der Waals surface area contributed by atoms with Crippen LogP contribution in [0.1, 0.15) is 12.8 Å². The van der Waals surface area contributed by atoms with Crippen molar-refractivity contribution in [2.24, 2.45) is 5.92 Å². The topological polar surface area (TPSA) is 71.5 Å². The highest BCUT2D eigenvalue weighted by Crippen LogP contribution is 2.28. The number of nitrogens with one attached hydrogen (secondary N) is 1. The first kappa shape index (κ1) is 16.0. The molecule has 24 heavy (non-hydrogen) atoms. The number of anilines is 1. The molecule has 0 unspecified atom stereocenters. The first-order chi connectivity index (χ1) is 11.6. The summed E-state index contributed by atoms with van der Waals surface area (Å²) in [5, 5.41) is 2.84. The fourth-order valence-electron chi connectivity index (χ4n) is 2.57. The van der Waals surface area contributed by atoms with Crippen molar-refractivity contribution >= 4 is 17.5 Å². The molecule has 124 valence electrons. The lowest BCUT2D eigenvalue weighted by Crippen LogP contribution is -2.39. The van der Waals surface area contributed by atoms with Crippen molar-refractivity contribution in [3.8, 4) is 11.6 Å². The quantitative estimate of drug-likeness (QED) is 0.938. The van der Waals surface area contributed by atoms with Crippen LogP contribution in [0.3, 0.4) is 0 Å². The summed E-state index contributed by atoms with van der Waals surface area (Å²) in [7, 11) is 1.75. The second kappa shape index (κ2) is 7.12. The molecule has 0 bridgehead atoms. The van der Waals surface area contributed by atoms with Gasteiger partial charge in [-0.1, -0.05) is 18.2 Å². The number of benzene rings is 1. The molecule has 1 atom stereocenters. The molecule has 0 saturated carbocycles. The van der Waals surface area contributed by atoms with Crippen LogP contribution in [0.25, 0.3) is 0 Å². The van der Waals surface area contributed by atoms with Crippen LogP contribution in [-0.2, 0) is 9.59 Å². The van der Waals surface area contributed by atoms with Crippen LogP contribution in [0.15, 0.2) is 48.7 Å². The van der Waals surface area contributed by atoms with Crippen LogP contribution >= 0.6 is 0 Å². The zero-order chi connectivity index (χ0) is 16.9. The Hall–Kier alpha value is -2.89. The number of piperidine rings is 1. The standard InChI is InChI=1S/C18H19N3O3/c1-21-11-9-13(12-16(21)22)17(23)20-15-8-5-10-19-18(15)24-14-6-3-2-4-7-14/h2-8,10,13H,9,11-12H2,1H3,(H,20,23)/t13-/m0/s1. The lowest BCUT2D eigenvalue weighted by molar-refractivity contribution is -0.137. The number of para-hydroxylation sites is 1. The number of aromatic nitrogens is 1. The van der Waals surface area contributed by atoms with E-state index in [0.717, 1.165) is 0 Å². The molecule has 6 nitrogen and oxygen atoms in total. The van der Waals surface area contributed by atoms with E-state index in [1.165, 1.54) is 0 Å². The van der Waals surface area contributed by atoms with Crippen molar-refractivity contribution in [1.29, 1.82) is 0 Å². The van der Waals surface area contributed by atoms with Crippen molar-refractivity contribution in [2.75, 3.05) is 18.9 Å². The van der Waals surface area contributed by atoms with Gasteiger partial charge in [0.2, 0.25) is 17.7 Å². The lowest BCUT2D eigenvalue weighted by atomic mass is 9.95. The second-order valence-corrected chi connectivity index (χ2v) is 5.77. The molecule has 2 aromatic rings. The number of rotatable bonds is 4. The maximum Gasteiger partial charge on any atom is 0.243 e. The first-order valence-corrected chi connectivity index (χ1v) is 7.86. The summed E-state index contributed by atoms with van der Waals surface area (Å²) in [5.74, 6) is 0.465. The Kier molecular flexibility index (Phi) is 4.74. The normalized spacial score (nSPS) is 17.5. The summed E-state index contributed by atoms with van der Waals surface area (Å²) < 4.78 is 5.73. The van der Waals surface area contributed by atoms with Gasteiger partial charge in [0, 0.05) is 32.1 Å². The predicted octanol–water partition coefficient (Wildman–Crippen LogP) is 2.68. The molecule has 1 aliphatic heterocycles. The van der Waals surface area contributed by atoms with Gasteiger partial charge in [0.05, 0.1) is 0 Å². The Morgan fingerprint density at radius 3 is 2.79 bits per heavy atom. The predicted molar refractivity (Wildman–Crippen MR) is 89.7 cm³/mol. The monoisotopic (exact) mass is 325 g/mol. The van der Waals surface area contributed by atoms with Gasteiger partial charge in [-0.15, -0.1) is 0 Å². The van der Waals surface area contributed by atoms with Crippen molar-refractivity contribution < 1.29 is 14.3 Å². The molecular weight excluding hydrogens is 306 g/mol. The van der Waals surface area contributed by atoms with E-state index in [2.05, 4.69) is 10.3 Å². The summed E-state index contributed by atoms with van der Waals surface area (Å²) in [6, 6.07) is 12.7. The van der Waals surface area contributed by atoms with Gasteiger partial charge in [-0.25, -0.2) is 4.98 Å². The molecule has 2 amide bonds. The highest BCUT2D eigenvalue weighted by molar-refractivity contribution is 5.96. The van der Waals surface area contributed by atoms with Gasteiger partial charge < -0.3 is 15.0 Å². The fourth-order valence-corrected chi connectivity index (χ4v) is 2.57. The SMILES string of the molecule is CN1CC[C@H](C(=O)Nc2cccnc2Oc2ccccc2)CC1=O. The molecule has 1 N–H and O–H groups in total. The maximum absolute atomic E-state index is 12.5. The maximum atomic E-state index is 12.5. The molecule has 2 heterocycles. The Bertz CT molecular complexity index is 733. The van der Waals surface area contributed by atoms with E-state index < -0.39 is 0 Å². The number of pyridine rings is 1. The minimum absolute atomic E-state index is 0.00616.